The van der Waals surface area contributed by atoms with Crippen molar-refractivity contribution >= 4 is 26.6 Å². The minimum atomic E-state index is -0.401. The van der Waals surface area contributed by atoms with E-state index >= 15 is 0 Å². The molecule has 0 spiro atoms. The first-order chi connectivity index (χ1) is 17.9. The Bertz CT molecular complexity index is 1240. The van der Waals surface area contributed by atoms with Gasteiger partial charge in [0.2, 0.25) is 0 Å². The van der Waals surface area contributed by atoms with Crippen LogP contribution in [0.1, 0.15) is 66.0 Å². The Morgan fingerprint density at radius 2 is 1.46 bits per heavy atom. The molecule has 0 radical (unpaired) electrons. The van der Waals surface area contributed by atoms with Crippen LogP contribution in [0.25, 0.3) is 0 Å². The molecular weight excluding hydrogens is 525 g/mol. The summed E-state index contributed by atoms with van der Waals surface area (Å²) < 4.78 is 6.20. The summed E-state index contributed by atoms with van der Waals surface area (Å²) in [5.74, 6) is 0.0911. The molecule has 0 aliphatic heterocycles. The van der Waals surface area contributed by atoms with E-state index < -0.39 is 5.97 Å². The van der Waals surface area contributed by atoms with Gasteiger partial charge in [0.05, 0.1) is 0 Å². The fraction of sp³-hybridized carbons (Fsp3) is 0.375. The number of ether oxygens (including phenoxy) is 1. The number of methoxy groups -OCH3 is 1. The van der Waals surface area contributed by atoms with Crippen molar-refractivity contribution in [3.05, 3.63) is 108 Å². The number of nitrogens with zero attached hydrogens (tertiary/aromatic N) is 1. The van der Waals surface area contributed by atoms with E-state index in [4.69, 9.17) is 9.57 Å². The number of rotatable bonds is 8. The zero-order chi connectivity index (χ0) is 26.0. The van der Waals surface area contributed by atoms with Gasteiger partial charge in [0.15, 0.2) is 0 Å². The number of benzene rings is 3. The molecule has 0 saturated heterocycles. The van der Waals surface area contributed by atoms with Gasteiger partial charge < -0.3 is 0 Å². The second-order valence-corrected chi connectivity index (χ2v) is 13.6. The average molecular weight is 561 g/mol. The third kappa shape index (κ3) is 4.69. The van der Waals surface area contributed by atoms with Crippen molar-refractivity contribution in [1.29, 1.82) is 0 Å². The van der Waals surface area contributed by atoms with Gasteiger partial charge in [-0.2, -0.15) is 0 Å². The second-order valence-electron chi connectivity index (χ2n) is 10.9. The van der Waals surface area contributed by atoms with Gasteiger partial charge in [0.1, 0.15) is 0 Å². The summed E-state index contributed by atoms with van der Waals surface area (Å²) in [6.45, 7) is 7.07. The first kappa shape index (κ1) is 25.9. The monoisotopic (exact) mass is 561 g/mol. The molecule has 2 unspecified atom stereocenters. The summed E-state index contributed by atoms with van der Waals surface area (Å²) in [7, 11) is 1.81. The molecule has 2 aliphatic carbocycles. The molecule has 0 aromatic heterocycles. The van der Waals surface area contributed by atoms with Crippen molar-refractivity contribution in [3.8, 4) is 0 Å². The Kier molecular flexibility index (Phi) is 7.40. The van der Waals surface area contributed by atoms with E-state index in [1.165, 1.54) is 17.5 Å². The molecule has 5 heteroatoms. The molecule has 2 bridgehead atoms. The number of oxime groups is 1. The molecule has 0 N–H and O–H groups in total. The molecule has 0 heterocycles. The number of hydrogen-bond donors (Lipinski definition) is 0. The number of carbonyl (C=O) groups is 1. The first-order valence-electron chi connectivity index (χ1n) is 13.0. The first-order valence-corrected chi connectivity index (χ1v) is 15.0. The van der Waals surface area contributed by atoms with Crippen LogP contribution in [0.2, 0.25) is 4.82 Å². The van der Waals surface area contributed by atoms with Gasteiger partial charge in [0.25, 0.3) is 0 Å². The van der Waals surface area contributed by atoms with E-state index in [-0.39, 0.29) is 41.5 Å². The van der Waals surface area contributed by atoms with Crippen LogP contribution in [-0.2, 0) is 9.57 Å². The van der Waals surface area contributed by atoms with Gasteiger partial charge in [-0.25, -0.2) is 0 Å². The van der Waals surface area contributed by atoms with E-state index in [2.05, 4.69) is 80.5 Å². The van der Waals surface area contributed by atoms with Crippen molar-refractivity contribution < 1.29 is 14.4 Å². The molecule has 3 aromatic carbocycles. The number of fused-ring (bicyclic) bond motifs is 2. The zero-order valence-electron chi connectivity index (χ0n) is 22.0. The van der Waals surface area contributed by atoms with Crippen LogP contribution in [-0.4, -0.2) is 33.7 Å². The van der Waals surface area contributed by atoms with Gasteiger partial charge >= 0.3 is 227 Å². The fourth-order valence-corrected chi connectivity index (χ4v) is 10.7. The minimum absolute atomic E-state index is 0.0632. The van der Waals surface area contributed by atoms with Crippen LogP contribution in [0.4, 0.5) is 0 Å². The standard InChI is InChI=1S/C32H35NO3Se/c1-31(2)25-20-21-32(31,3)29(33-36-30(34)24-18-12-7-13-19-24)28(25)37-27(23-16-10-6-11-17-23)26(35-4)22-14-8-5-9-15-22/h5-19,25-28H,20-21H2,1-4H3/b33-29-/t25-,26?,27?,28+,32+/m1/s1. The molecule has 3 aromatic rings. The van der Waals surface area contributed by atoms with Crippen LogP contribution < -0.4 is 0 Å². The van der Waals surface area contributed by atoms with Crippen LogP contribution in [0.3, 0.4) is 0 Å². The molecule has 2 saturated carbocycles. The number of hydrogen-bond acceptors (Lipinski definition) is 4. The van der Waals surface area contributed by atoms with Crippen molar-refractivity contribution in [3.63, 3.8) is 0 Å². The van der Waals surface area contributed by atoms with Crippen LogP contribution in [0.5, 0.6) is 0 Å². The van der Waals surface area contributed by atoms with Crippen molar-refractivity contribution in [2.45, 2.75) is 49.3 Å². The molecule has 4 nitrogen and oxygen atoms in total. The van der Waals surface area contributed by atoms with Gasteiger partial charge in [-0.05, 0) is 0 Å². The third-order valence-electron chi connectivity index (χ3n) is 8.82. The van der Waals surface area contributed by atoms with E-state index in [9.17, 15) is 4.79 Å². The Morgan fingerprint density at radius 1 is 0.892 bits per heavy atom. The van der Waals surface area contributed by atoms with Gasteiger partial charge in [-0.15, -0.1) is 0 Å². The van der Waals surface area contributed by atoms with Gasteiger partial charge in [-0.3, -0.25) is 0 Å². The topological polar surface area (TPSA) is 47.9 Å². The van der Waals surface area contributed by atoms with E-state index in [0.29, 0.717) is 11.5 Å². The van der Waals surface area contributed by atoms with Crippen LogP contribution in [0, 0.1) is 16.7 Å². The summed E-state index contributed by atoms with van der Waals surface area (Å²) in [6, 6.07) is 30.3. The Hall–Kier alpha value is -2.72. The van der Waals surface area contributed by atoms with Gasteiger partial charge in [-0.1, -0.05) is 0 Å². The molecule has 2 aliphatic rings. The molecule has 2 fully saturated rings. The Morgan fingerprint density at radius 3 is 2.05 bits per heavy atom. The van der Waals surface area contributed by atoms with Crippen molar-refractivity contribution in [2.24, 2.45) is 21.9 Å². The van der Waals surface area contributed by atoms with Crippen LogP contribution >= 0.6 is 0 Å². The Labute approximate surface area is 226 Å². The SMILES string of the molecule is COC(c1ccccc1)C([Se][C@@H]1/C(=N/OC(=O)c2ccccc2)[C@]2(C)CC[C@H]1C2(C)C)c1ccccc1. The quantitative estimate of drug-likeness (QED) is 0.165. The van der Waals surface area contributed by atoms with Crippen molar-refractivity contribution in [2.75, 3.05) is 7.11 Å². The molecule has 192 valence electrons. The molecular formula is C32H35NO3Se. The third-order valence-corrected chi connectivity index (χ3v) is 12.3. The fourth-order valence-electron chi connectivity index (χ4n) is 6.26. The molecule has 5 atom stereocenters. The van der Waals surface area contributed by atoms with Crippen molar-refractivity contribution in [1.82, 2.24) is 0 Å². The van der Waals surface area contributed by atoms with Gasteiger partial charge in [0, 0.05) is 0 Å². The summed E-state index contributed by atoms with van der Waals surface area (Å²) in [4.78, 5) is 18.9. The van der Waals surface area contributed by atoms with E-state index in [1.54, 1.807) is 12.1 Å². The normalized spacial score (nSPS) is 26.6. The summed E-state index contributed by atoms with van der Waals surface area (Å²) in [6.07, 6.45) is 2.18. The molecule has 5 rings (SSSR count). The predicted octanol–water partition coefficient (Wildman–Crippen LogP) is 7.28. The Balaban J connectivity index is 1.52. The number of carbonyl (C=O) groups excluding carboxylic acids is 1. The molecule has 37 heavy (non-hydrogen) atoms. The molecule has 0 amide bonds. The van der Waals surface area contributed by atoms with Crippen LogP contribution in [0.15, 0.2) is 96.2 Å². The van der Waals surface area contributed by atoms with E-state index in [0.717, 1.165) is 12.1 Å². The maximum absolute atomic E-state index is 12.8. The average Bonchev–Trinajstić information content (AvgIpc) is 3.25. The predicted molar refractivity (Wildman–Crippen MR) is 149 cm³/mol. The summed E-state index contributed by atoms with van der Waals surface area (Å²) >= 11 is 0.107. The maximum atomic E-state index is 12.8. The zero-order valence-corrected chi connectivity index (χ0v) is 23.7. The summed E-state index contributed by atoms with van der Waals surface area (Å²) in [5, 5.41) is 4.68. The van der Waals surface area contributed by atoms with E-state index in [1.807, 2.05) is 31.4 Å². The second kappa shape index (κ2) is 10.6. The summed E-state index contributed by atoms with van der Waals surface area (Å²) in [5.41, 5.74) is 4.02.